The molecule has 2 heteroatoms. The molecule has 0 radical (unpaired) electrons. The van der Waals surface area contributed by atoms with Gasteiger partial charge in [-0.2, -0.15) is 0 Å². The molecule has 0 aromatic heterocycles. The average molecular weight is 222 g/mol. The van der Waals surface area contributed by atoms with E-state index >= 15 is 0 Å². The van der Waals surface area contributed by atoms with Crippen molar-refractivity contribution >= 4 is 12.0 Å². The van der Waals surface area contributed by atoms with Gasteiger partial charge in [0.05, 0.1) is 6.61 Å². The van der Waals surface area contributed by atoms with Crippen molar-refractivity contribution in [3.05, 3.63) is 29.8 Å². The summed E-state index contributed by atoms with van der Waals surface area (Å²) in [5.74, 6) is 1.03. The Bertz CT molecular complexity index is 290. The van der Waals surface area contributed by atoms with Crippen LogP contribution in [0.2, 0.25) is 0 Å². The maximum Gasteiger partial charge on any atom is 0.0618 e. The highest BCUT2D eigenvalue weighted by Gasteiger charge is 2.19. The lowest BCUT2D eigenvalue weighted by Crippen LogP contribution is -1.88. The third-order valence-electron chi connectivity index (χ3n) is 2.71. The number of hydrogen-bond donors (Lipinski definition) is 0. The van der Waals surface area contributed by atoms with E-state index in [1.54, 1.807) is 0 Å². The molecule has 2 rings (SSSR count). The Morgan fingerprint density at radius 1 is 1.27 bits per heavy atom. The first kappa shape index (κ1) is 11.0. The zero-order valence-electron chi connectivity index (χ0n) is 9.24. The first-order valence-corrected chi connectivity index (χ1v) is 6.45. The summed E-state index contributed by atoms with van der Waals surface area (Å²) in [6.45, 7) is 2.99. The standard InChI is InChI=1S/C13H18OS/c1-11-4-8-13(9-5-11)15-14-10-2-3-12-6-7-12/h4-5,8-9,12H,2-3,6-7,10H2,1H3. The van der Waals surface area contributed by atoms with Gasteiger partial charge in [-0.05, 0) is 37.8 Å². The van der Waals surface area contributed by atoms with Crippen LogP contribution in [-0.4, -0.2) is 6.61 Å². The zero-order chi connectivity index (χ0) is 10.5. The fourth-order valence-corrected chi connectivity index (χ4v) is 2.13. The molecule has 0 saturated heterocycles. The van der Waals surface area contributed by atoms with Crippen LogP contribution in [0.4, 0.5) is 0 Å². The summed E-state index contributed by atoms with van der Waals surface area (Å²) >= 11 is 1.50. The summed E-state index contributed by atoms with van der Waals surface area (Å²) in [6, 6.07) is 8.47. The quantitative estimate of drug-likeness (QED) is 0.527. The lowest BCUT2D eigenvalue weighted by atomic mass is 10.2. The normalized spacial score (nSPS) is 15.5. The van der Waals surface area contributed by atoms with Gasteiger partial charge in [0.1, 0.15) is 0 Å². The SMILES string of the molecule is Cc1ccc(SOCCCC2CC2)cc1. The molecule has 15 heavy (non-hydrogen) atoms. The number of benzene rings is 1. The molecular weight excluding hydrogens is 204 g/mol. The molecule has 0 unspecified atom stereocenters. The summed E-state index contributed by atoms with van der Waals surface area (Å²) in [7, 11) is 0. The van der Waals surface area contributed by atoms with Crippen LogP contribution in [0.15, 0.2) is 29.2 Å². The lowest BCUT2D eigenvalue weighted by Gasteiger charge is -2.02. The fourth-order valence-electron chi connectivity index (χ4n) is 1.54. The molecule has 0 spiro atoms. The molecule has 0 aliphatic heterocycles. The maximum atomic E-state index is 5.55. The molecule has 0 heterocycles. The van der Waals surface area contributed by atoms with E-state index < -0.39 is 0 Å². The van der Waals surface area contributed by atoms with Crippen LogP contribution < -0.4 is 0 Å². The smallest absolute Gasteiger partial charge is 0.0618 e. The van der Waals surface area contributed by atoms with Crippen LogP contribution in [0, 0.1) is 12.8 Å². The van der Waals surface area contributed by atoms with Crippen LogP contribution in [-0.2, 0) is 4.18 Å². The molecule has 1 aliphatic rings. The minimum atomic E-state index is 0.884. The van der Waals surface area contributed by atoms with Crippen LogP contribution in [0.25, 0.3) is 0 Å². The summed E-state index contributed by atoms with van der Waals surface area (Å²) in [4.78, 5) is 1.20. The van der Waals surface area contributed by atoms with Crippen LogP contribution >= 0.6 is 12.0 Å². The molecule has 0 bridgehead atoms. The van der Waals surface area contributed by atoms with Gasteiger partial charge in [-0.15, -0.1) is 0 Å². The Balaban J connectivity index is 1.58. The first-order chi connectivity index (χ1) is 7.34. The van der Waals surface area contributed by atoms with Crippen molar-refractivity contribution in [1.29, 1.82) is 0 Å². The van der Waals surface area contributed by atoms with Gasteiger partial charge in [-0.3, -0.25) is 0 Å². The Hall–Kier alpha value is -0.470. The largest absolute Gasteiger partial charge is 0.310 e. The highest BCUT2D eigenvalue weighted by molar-refractivity contribution is 7.94. The fraction of sp³-hybridized carbons (Fsp3) is 0.538. The molecule has 1 aliphatic carbocycles. The minimum Gasteiger partial charge on any atom is -0.310 e. The Labute approximate surface area is 96.4 Å². The van der Waals surface area contributed by atoms with E-state index in [1.165, 1.54) is 48.2 Å². The third kappa shape index (κ3) is 4.27. The molecule has 0 atom stereocenters. The van der Waals surface area contributed by atoms with E-state index in [1.807, 2.05) is 0 Å². The molecule has 1 nitrogen and oxygen atoms in total. The van der Waals surface area contributed by atoms with Crippen molar-refractivity contribution in [2.75, 3.05) is 6.61 Å². The van der Waals surface area contributed by atoms with E-state index in [2.05, 4.69) is 31.2 Å². The Morgan fingerprint density at radius 3 is 2.67 bits per heavy atom. The minimum absolute atomic E-state index is 0.884. The van der Waals surface area contributed by atoms with Gasteiger partial charge in [0, 0.05) is 16.9 Å². The van der Waals surface area contributed by atoms with Gasteiger partial charge in [-0.1, -0.05) is 30.5 Å². The van der Waals surface area contributed by atoms with Crippen LogP contribution in [0.1, 0.15) is 31.2 Å². The number of hydrogen-bond acceptors (Lipinski definition) is 2. The molecular formula is C13H18OS. The predicted octanol–water partition coefficient (Wildman–Crippen LogP) is 4.21. The Kier molecular flexibility index (Phi) is 4.09. The Morgan fingerprint density at radius 2 is 2.00 bits per heavy atom. The molecule has 1 aromatic carbocycles. The van der Waals surface area contributed by atoms with Gasteiger partial charge >= 0.3 is 0 Å². The van der Waals surface area contributed by atoms with Gasteiger partial charge in [0.15, 0.2) is 0 Å². The van der Waals surface area contributed by atoms with Crippen LogP contribution in [0.3, 0.4) is 0 Å². The topological polar surface area (TPSA) is 9.23 Å². The second-order valence-electron chi connectivity index (χ2n) is 4.30. The van der Waals surface area contributed by atoms with Crippen molar-refractivity contribution in [1.82, 2.24) is 0 Å². The van der Waals surface area contributed by atoms with Gasteiger partial charge in [-0.25, -0.2) is 0 Å². The van der Waals surface area contributed by atoms with E-state index in [0.29, 0.717) is 0 Å². The van der Waals surface area contributed by atoms with E-state index in [9.17, 15) is 0 Å². The second-order valence-corrected chi connectivity index (χ2v) is 5.18. The van der Waals surface area contributed by atoms with Crippen molar-refractivity contribution < 1.29 is 4.18 Å². The van der Waals surface area contributed by atoms with Crippen molar-refractivity contribution in [2.45, 2.75) is 37.5 Å². The van der Waals surface area contributed by atoms with Crippen molar-refractivity contribution in [3.8, 4) is 0 Å². The van der Waals surface area contributed by atoms with Crippen molar-refractivity contribution in [2.24, 2.45) is 5.92 Å². The second kappa shape index (κ2) is 5.57. The average Bonchev–Trinajstić information content (AvgIpc) is 3.04. The maximum absolute atomic E-state index is 5.55. The van der Waals surface area contributed by atoms with Gasteiger partial charge in [0.2, 0.25) is 0 Å². The van der Waals surface area contributed by atoms with Crippen LogP contribution in [0.5, 0.6) is 0 Å². The van der Waals surface area contributed by atoms with Gasteiger partial charge < -0.3 is 4.18 Å². The van der Waals surface area contributed by atoms with Crippen molar-refractivity contribution in [3.63, 3.8) is 0 Å². The zero-order valence-corrected chi connectivity index (χ0v) is 10.1. The molecule has 0 amide bonds. The lowest BCUT2D eigenvalue weighted by molar-refractivity contribution is 0.354. The molecule has 0 N–H and O–H groups in total. The molecule has 1 aromatic rings. The van der Waals surface area contributed by atoms with E-state index in [4.69, 9.17) is 4.18 Å². The molecule has 1 saturated carbocycles. The van der Waals surface area contributed by atoms with E-state index in [-0.39, 0.29) is 0 Å². The predicted molar refractivity (Wildman–Crippen MR) is 64.9 cm³/mol. The highest BCUT2D eigenvalue weighted by atomic mass is 32.2. The summed E-state index contributed by atoms with van der Waals surface area (Å²) in [5, 5.41) is 0. The number of aryl methyl sites for hydroxylation is 1. The monoisotopic (exact) mass is 222 g/mol. The summed E-state index contributed by atoms with van der Waals surface area (Å²) < 4.78 is 5.55. The summed E-state index contributed by atoms with van der Waals surface area (Å²) in [6.07, 6.45) is 5.47. The number of rotatable bonds is 6. The highest BCUT2D eigenvalue weighted by Crippen LogP contribution is 2.33. The van der Waals surface area contributed by atoms with E-state index in [0.717, 1.165) is 12.5 Å². The van der Waals surface area contributed by atoms with Gasteiger partial charge in [0.25, 0.3) is 0 Å². The third-order valence-corrected chi connectivity index (χ3v) is 3.46. The molecule has 1 fully saturated rings. The first-order valence-electron chi connectivity index (χ1n) is 5.71. The summed E-state index contributed by atoms with van der Waals surface area (Å²) in [5.41, 5.74) is 1.30. The molecule has 82 valence electrons.